The van der Waals surface area contributed by atoms with Crippen LogP contribution in [-0.4, -0.2) is 23.3 Å². The second-order valence-electron chi connectivity index (χ2n) is 5.87. The SMILES string of the molecule is O=C(CNC(=O)c1ccccc1Sc1ccc(Br)cn1)Nc1ccc(F)c(F)c1F. The highest BCUT2D eigenvalue weighted by Gasteiger charge is 2.17. The maximum atomic E-state index is 13.6. The zero-order chi connectivity index (χ0) is 21.7. The number of pyridine rings is 1. The number of carbonyl (C=O) groups excluding carboxylic acids is 2. The van der Waals surface area contributed by atoms with Crippen molar-refractivity contribution in [2.45, 2.75) is 9.92 Å². The first-order valence-corrected chi connectivity index (χ1v) is 10.1. The molecule has 154 valence electrons. The van der Waals surface area contributed by atoms with Crippen LogP contribution < -0.4 is 10.6 Å². The summed E-state index contributed by atoms with van der Waals surface area (Å²) in [5.74, 6) is -5.90. The van der Waals surface area contributed by atoms with Crippen molar-refractivity contribution in [2.24, 2.45) is 0 Å². The fraction of sp³-hybridized carbons (Fsp3) is 0.0500. The number of benzene rings is 2. The summed E-state index contributed by atoms with van der Waals surface area (Å²) in [5.41, 5.74) is -0.204. The monoisotopic (exact) mass is 495 g/mol. The molecule has 2 amide bonds. The van der Waals surface area contributed by atoms with Crippen molar-refractivity contribution in [3.05, 3.63) is 82.2 Å². The summed E-state index contributed by atoms with van der Waals surface area (Å²) in [4.78, 5) is 29.4. The average Bonchev–Trinajstić information content (AvgIpc) is 2.74. The lowest BCUT2D eigenvalue weighted by Gasteiger charge is -2.11. The Balaban J connectivity index is 1.64. The van der Waals surface area contributed by atoms with Gasteiger partial charge in [-0.3, -0.25) is 9.59 Å². The Morgan fingerprint density at radius 1 is 1.00 bits per heavy atom. The fourth-order valence-corrected chi connectivity index (χ4v) is 3.47. The van der Waals surface area contributed by atoms with E-state index >= 15 is 0 Å². The Bertz CT molecular complexity index is 1100. The molecule has 30 heavy (non-hydrogen) atoms. The van der Waals surface area contributed by atoms with Crippen LogP contribution in [-0.2, 0) is 4.79 Å². The molecular formula is C20H13BrF3N3O2S. The van der Waals surface area contributed by atoms with E-state index in [1.165, 1.54) is 11.8 Å². The molecule has 0 aliphatic carbocycles. The molecular weight excluding hydrogens is 483 g/mol. The normalized spacial score (nSPS) is 10.5. The van der Waals surface area contributed by atoms with Gasteiger partial charge in [-0.05, 0) is 52.3 Å². The summed E-state index contributed by atoms with van der Waals surface area (Å²) >= 11 is 4.57. The molecule has 0 saturated carbocycles. The molecule has 2 N–H and O–H groups in total. The van der Waals surface area contributed by atoms with Crippen molar-refractivity contribution < 1.29 is 22.8 Å². The summed E-state index contributed by atoms with van der Waals surface area (Å²) in [6.45, 7) is -0.493. The van der Waals surface area contributed by atoms with E-state index in [1.807, 2.05) is 6.07 Å². The maximum absolute atomic E-state index is 13.6. The van der Waals surface area contributed by atoms with Crippen LogP contribution in [0.15, 0.2) is 69.1 Å². The van der Waals surface area contributed by atoms with E-state index in [-0.39, 0.29) is 0 Å². The third kappa shape index (κ3) is 5.39. The molecule has 1 heterocycles. The predicted octanol–water partition coefficient (Wildman–Crippen LogP) is 4.78. The van der Waals surface area contributed by atoms with Gasteiger partial charge in [-0.15, -0.1) is 0 Å². The second kappa shape index (κ2) is 9.77. The fourth-order valence-electron chi connectivity index (χ4n) is 2.35. The summed E-state index contributed by atoms with van der Waals surface area (Å²) in [7, 11) is 0. The topological polar surface area (TPSA) is 71.1 Å². The van der Waals surface area contributed by atoms with E-state index in [1.54, 1.807) is 36.5 Å². The van der Waals surface area contributed by atoms with Gasteiger partial charge in [-0.1, -0.05) is 23.9 Å². The van der Waals surface area contributed by atoms with Crippen LogP contribution in [0.3, 0.4) is 0 Å². The molecule has 0 bridgehead atoms. The van der Waals surface area contributed by atoms with Gasteiger partial charge >= 0.3 is 0 Å². The van der Waals surface area contributed by atoms with Crippen LogP contribution in [0.25, 0.3) is 0 Å². The highest BCUT2D eigenvalue weighted by molar-refractivity contribution is 9.10. The third-order valence-electron chi connectivity index (χ3n) is 3.77. The minimum Gasteiger partial charge on any atom is -0.343 e. The van der Waals surface area contributed by atoms with Crippen LogP contribution in [0.2, 0.25) is 0 Å². The zero-order valence-corrected chi connectivity index (χ0v) is 17.5. The van der Waals surface area contributed by atoms with Crippen LogP contribution >= 0.6 is 27.7 Å². The number of rotatable bonds is 6. The number of hydrogen-bond acceptors (Lipinski definition) is 4. The average molecular weight is 496 g/mol. The molecule has 2 aromatic carbocycles. The van der Waals surface area contributed by atoms with Crippen molar-refractivity contribution in [3.63, 3.8) is 0 Å². The highest BCUT2D eigenvalue weighted by Crippen LogP contribution is 2.29. The summed E-state index contributed by atoms with van der Waals surface area (Å²) in [5, 5.41) is 5.18. The summed E-state index contributed by atoms with van der Waals surface area (Å²) < 4.78 is 40.7. The van der Waals surface area contributed by atoms with Crippen molar-refractivity contribution in [1.29, 1.82) is 0 Å². The minimum atomic E-state index is -1.69. The lowest BCUT2D eigenvalue weighted by atomic mass is 10.2. The lowest BCUT2D eigenvalue weighted by molar-refractivity contribution is -0.115. The lowest BCUT2D eigenvalue weighted by Crippen LogP contribution is -2.33. The largest absolute Gasteiger partial charge is 0.343 e. The molecule has 0 saturated heterocycles. The van der Waals surface area contributed by atoms with E-state index in [4.69, 9.17) is 0 Å². The first-order valence-electron chi connectivity index (χ1n) is 8.45. The van der Waals surface area contributed by atoms with E-state index in [9.17, 15) is 22.8 Å². The standard InChI is InChI=1S/C20H13BrF3N3O2S/c21-11-5-8-17(25-9-11)30-15-4-2-1-3-12(15)20(29)26-10-16(28)27-14-7-6-13(22)18(23)19(14)24/h1-9H,10H2,(H,26,29)(H,27,28). The van der Waals surface area contributed by atoms with E-state index < -0.39 is 41.5 Å². The Labute approximate surface area is 182 Å². The number of nitrogens with one attached hydrogen (secondary N) is 2. The number of hydrogen-bond donors (Lipinski definition) is 2. The molecule has 0 fully saturated rings. The minimum absolute atomic E-state index is 0.319. The van der Waals surface area contributed by atoms with Gasteiger partial charge in [0.1, 0.15) is 5.03 Å². The van der Waals surface area contributed by atoms with Crippen molar-refractivity contribution in [3.8, 4) is 0 Å². The van der Waals surface area contributed by atoms with E-state index in [2.05, 4.69) is 31.5 Å². The molecule has 0 aliphatic rings. The number of carbonyl (C=O) groups is 2. The molecule has 0 unspecified atom stereocenters. The maximum Gasteiger partial charge on any atom is 0.252 e. The number of nitrogens with zero attached hydrogens (tertiary/aromatic N) is 1. The smallest absolute Gasteiger partial charge is 0.252 e. The number of halogens is 4. The molecule has 0 spiro atoms. The van der Waals surface area contributed by atoms with Crippen LogP contribution in [0.1, 0.15) is 10.4 Å². The van der Waals surface area contributed by atoms with E-state index in [0.717, 1.165) is 10.5 Å². The third-order valence-corrected chi connectivity index (χ3v) is 5.26. The van der Waals surface area contributed by atoms with Crippen molar-refractivity contribution >= 4 is 45.2 Å². The van der Waals surface area contributed by atoms with Crippen LogP contribution in [0.4, 0.5) is 18.9 Å². The van der Waals surface area contributed by atoms with Gasteiger partial charge in [0.25, 0.3) is 5.91 Å². The van der Waals surface area contributed by atoms with Crippen molar-refractivity contribution in [1.82, 2.24) is 10.3 Å². The molecule has 3 aromatic rings. The molecule has 0 aliphatic heterocycles. The molecule has 3 rings (SSSR count). The van der Waals surface area contributed by atoms with Gasteiger partial charge in [-0.25, -0.2) is 18.2 Å². The van der Waals surface area contributed by atoms with Gasteiger partial charge < -0.3 is 10.6 Å². The van der Waals surface area contributed by atoms with Gasteiger partial charge in [-0.2, -0.15) is 0 Å². The highest BCUT2D eigenvalue weighted by atomic mass is 79.9. The predicted molar refractivity (Wildman–Crippen MR) is 110 cm³/mol. The second-order valence-corrected chi connectivity index (χ2v) is 7.84. The number of amides is 2. The van der Waals surface area contributed by atoms with Gasteiger partial charge in [0.15, 0.2) is 17.5 Å². The van der Waals surface area contributed by atoms with Crippen molar-refractivity contribution in [2.75, 3.05) is 11.9 Å². The molecule has 5 nitrogen and oxygen atoms in total. The Kier molecular flexibility index (Phi) is 7.11. The molecule has 1 aromatic heterocycles. The van der Waals surface area contributed by atoms with Gasteiger partial charge in [0, 0.05) is 15.6 Å². The molecule has 0 radical (unpaired) electrons. The molecule has 0 atom stereocenters. The summed E-state index contributed by atoms with van der Waals surface area (Å²) in [6, 6.07) is 11.9. The van der Waals surface area contributed by atoms with Crippen LogP contribution in [0.5, 0.6) is 0 Å². The van der Waals surface area contributed by atoms with Gasteiger partial charge in [0.2, 0.25) is 5.91 Å². The summed E-state index contributed by atoms with van der Waals surface area (Å²) in [6.07, 6.45) is 1.63. The first kappa shape index (κ1) is 21.8. The van der Waals surface area contributed by atoms with Crippen LogP contribution in [0, 0.1) is 17.5 Å². The number of aromatic nitrogens is 1. The Morgan fingerprint density at radius 3 is 2.50 bits per heavy atom. The number of anilines is 1. The van der Waals surface area contributed by atoms with Gasteiger partial charge in [0.05, 0.1) is 17.8 Å². The quantitative estimate of drug-likeness (QED) is 0.482. The molecule has 10 heteroatoms. The first-order chi connectivity index (χ1) is 14.3. The zero-order valence-electron chi connectivity index (χ0n) is 15.1. The Morgan fingerprint density at radius 2 is 1.77 bits per heavy atom. The van der Waals surface area contributed by atoms with E-state index in [0.29, 0.717) is 21.6 Å². The Hall–Kier alpha value is -2.85.